The van der Waals surface area contributed by atoms with Gasteiger partial charge in [-0.3, -0.25) is 15.1 Å². The van der Waals surface area contributed by atoms with Crippen LogP contribution in [0.1, 0.15) is 4.88 Å². The van der Waals surface area contributed by atoms with Gasteiger partial charge < -0.3 is 0 Å². The molecule has 0 saturated heterocycles. The molecule has 2 rings (SSSR count). The minimum absolute atomic E-state index is 0.0788. The second-order valence-corrected chi connectivity index (χ2v) is 4.03. The van der Waals surface area contributed by atoms with Crippen molar-refractivity contribution < 1.29 is 4.92 Å². The molecule has 0 aliphatic rings. The molecule has 2 aromatic rings. The van der Waals surface area contributed by atoms with E-state index in [-0.39, 0.29) is 5.69 Å². The Labute approximate surface area is 96.0 Å². The van der Waals surface area contributed by atoms with Gasteiger partial charge in [0.15, 0.2) is 0 Å². The Kier molecular flexibility index (Phi) is 3.07. The third kappa shape index (κ3) is 2.52. The number of nitro groups is 1. The summed E-state index contributed by atoms with van der Waals surface area (Å²) in [5, 5.41) is 12.4. The van der Waals surface area contributed by atoms with Crippen molar-refractivity contribution in [2.45, 2.75) is 0 Å². The van der Waals surface area contributed by atoms with Gasteiger partial charge in [-0.2, -0.15) is 0 Å². The molecule has 1 heterocycles. The SMILES string of the molecule is O=[N+]([O-])c1ccc(/N=C/c2cccs2)cc1. The number of hydrogen-bond acceptors (Lipinski definition) is 4. The minimum atomic E-state index is -0.424. The maximum Gasteiger partial charge on any atom is 0.269 e. The van der Waals surface area contributed by atoms with E-state index in [2.05, 4.69) is 4.99 Å². The minimum Gasteiger partial charge on any atom is -0.258 e. The lowest BCUT2D eigenvalue weighted by molar-refractivity contribution is -0.384. The Balaban J connectivity index is 2.14. The number of hydrogen-bond donors (Lipinski definition) is 0. The molecule has 0 radical (unpaired) electrons. The van der Waals surface area contributed by atoms with E-state index < -0.39 is 4.92 Å². The van der Waals surface area contributed by atoms with E-state index in [1.807, 2.05) is 17.5 Å². The molecule has 4 nitrogen and oxygen atoms in total. The molecule has 0 bridgehead atoms. The van der Waals surface area contributed by atoms with Gasteiger partial charge >= 0.3 is 0 Å². The summed E-state index contributed by atoms with van der Waals surface area (Å²) in [4.78, 5) is 15.3. The third-order valence-corrected chi connectivity index (χ3v) is 2.75. The van der Waals surface area contributed by atoms with Gasteiger partial charge in [-0.05, 0) is 23.6 Å². The molecule has 0 aliphatic heterocycles. The summed E-state index contributed by atoms with van der Waals surface area (Å²) in [7, 11) is 0. The zero-order valence-corrected chi connectivity index (χ0v) is 9.05. The fourth-order valence-electron chi connectivity index (χ4n) is 1.16. The van der Waals surface area contributed by atoms with E-state index >= 15 is 0 Å². The van der Waals surface area contributed by atoms with Crippen LogP contribution in [-0.2, 0) is 0 Å². The summed E-state index contributed by atoms with van der Waals surface area (Å²) in [6.45, 7) is 0. The van der Waals surface area contributed by atoms with Crippen molar-refractivity contribution in [1.82, 2.24) is 0 Å². The fraction of sp³-hybridized carbons (Fsp3) is 0. The molecule has 0 atom stereocenters. The summed E-state index contributed by atoms with van der Waals surface area (Å²) in [5.74, 6) is 0. The first kappa shape index (κ1) is 10.5. The predicted octanol–water partition coefficient (Wildman–Crippen LogP) is 3.41. The summed E-state index contributed by atoms with van der Waals surface area (Å²) in [5.41, 5.74) is 0.786. The highest BCUT2D eigenvalue weighted by Gasteiger charge is 2.02. The number of nitrogens with zero attached hydrogens (tertiary/aromatic N) is 2. The second-order valence-electron chi connectivity index (χ2n) is 3.05. The van der Waals surface area contributed by atoms with Gasteiger partial charge in [0.25, 0.3) is 5.69 Å². The van der Waals surface area contributed by atoms with E-state index in [0.29, 0.717) is 5.69 Å². The molecule has 1 aromatic carbocycles. The van der Waals surface area contributed by atoms with Crippen molar-refractivity contribution in [3.8, 4) is 0 Å². The molecule has 5 heteroatoms. The molecule has 0 amide bonds. The van der Waals surface area contributed by atoms with Gasteiger partial charge in [-0.25, -0.2) is 0 Å². The Morgan fingerprint density at radius 3 is 2.56 bits per heavy atom. The van der Waals surface area contributed by atoms with Gasteiger partial charge in [0.1, 0.15) is 0 Å². The molecule has 16 heavy (non-hydrogen) atoms. The Morgan fingerprint density at radius 1 is 1.25 bits per heavy atom. The Hall–Kier alpha value is -2.01. The molecule has 1 aromatic heterocycles. The average Bonchev–Trinajstić information content (AvgIpc) is 2.80. The maximum atomic E-state index is 10.4. The molecule has 0 fully saturated rings. The average molecular weight is 232 g/mol. The van der Waals surface area contributed by atoms with Gasteiger partial charge in [0.05, 0.1) is 10.6 Å². The topological polar surface area (TPSA) is 55.5 Å². The number of aliphatic imine (C=N–C) groups is 1. The molecular formula is C11H8N2O2S. The largest absolute Gasteiger partial charge is 0.269 e. The number of benzene rings is 1. The Bertz CT molecular complexity index is 503. The quantitative estimate of drug-likeness (QED) is 0.462. The van der Waals surface area contributed by atoms with Crippen molar-refractivity contribution in [1.29, 1.82) is 0 Å². The van der Waals surface area contributed by atoms with Crippen molar-refractivity contribution in [2.24, 2.45) is 4.99 Å². The number of thiophene rings is 1. The van der Waals surface area contributed by atoms with Crippen LogP contribution in [0.25, 0.3) is 0 Å². The van der Waals surface area contributed by atoms with Crippen molar-refractivity contribution in [3.05, 3.63) is 56.8 Å². The Morgan fingerprint density at radius 2 is 2.00 bits per heavy atom. The van der Waals surface area contributed by atoms with Gasteiger partial charge in [0.2, 0.25) is 0 Å². The van der Waals surface area contributed by atoms with Crippen LogP contribution in [0.4, 0.5) is 11.4 Å². The van der Waals surface area contributed by atoms with E-state index in [1.54, 1.807) is 29.7 Å². The lowest BCUT2D eigenvalue weighted by Gasteiger charge is -1.92. The predicted molar refractivity (Wildman–Crippen MR) is 64.7 cm³/mol. The first-order valence-electron chi connectivity index (χ1n) is 4.58. The number of rotatable bonds is 3. The first-order valence-corrected chi connectivity index (χ1v) is 5.46. The van der Waals surface area contributed by atoms with Crippen LogP contribution in [0.2, 0.25) is 0 Å². The van der Waals surface area contributed by atoms with Crippen LogP contribution >= 0.6 is 11.3 Å². The van der Waals surface area contributed by atoms with Crippen LogP contribution in [0, 0.1) is 10.1 Å². The van der Waals surface area contributed by atoms with Crippen LogP contribution < -0.4 is 0 Å². The number of nitro benzene ring substituents is 1. The highest BCUT2D eigenvalue weighted by Crippen LogP contribution is 2.18. The lowest BCUT2D eigenvalue weighted by atomic mass is 10.3. The van der Waals surface area contributed by atoms with Crippen molar-refractivity contribution in [3.63, 3.8) is 0 Å². The van der Waals surface area contributed by atoms with Crippen LogP contribution in [0.5, 0.6) is 0 Å². The van der Waals surface area contributed by atoms with E-state index in [4.69, 9.17) is 0 Å². The van der Waals surface area contributed by atoms with Gasteiger partial charge in [-0.15, -0.1) is 11.3 Å². The van der Waals surface area contributed by atoms with Gasteiger partial charge in [0, 0.05) is 23.2 Å². The molecule has 0 aliphatic carbocycles. The first-order chi connectivity index (χ1) is 7.75. The van der Waals surface area contributed by atoms with E-state index in [9.17, 15) is 10.1 Å². The summed E-state index contributed by atoms with van der Waals surface area (Å²) in [6.07, 6.45) is 1.74. The molecule has 0 unspecified atom stereocenters. The van der Waals surface area contributed by atoms with Crippen LogP contribution in [0.3, 0.4) is 0 Å². The highest BCUT2D eigenvalue weighted by molar-refractivity contribution is 7.11. The lowest BCUT2D eigenvalue weighted by Crippen LogP contribution is -1.85. The molecule has 80 valence electrons. The normalized spacial score (nSPS) is 10.8. The third-order valence-electron chi connectivity index (χ3n) is 1.94. The molecule has 0 N–H and O–H groups in total. The maximum absolute atomic E-state index is 10.4. The van der Waals surface area contributed by atoms with Crippen molar-refractivity contribution in [2.75, 3.05) is 0 Å². The number of non-ortho nitro benzene ring substituents is 1. The summed E-state index contributed by atoms with van der Waals surface area (Å²) in [6, 6.07) is 10.0. The van der Waals surface area contributed by atoms with Gasteiger partial charge in [-0.1, -0.05) is 6.07 Å². The highest BCUT2D eigenvalue weighted by atomic mass is 32.1. The van der Waals surface area contributed by atoms with Crippen LogP contribution in [-0.4, -0.2) is 11.1 Å². The fourth-order valence-corrected chi connectivity index (χ4v) is 1.75. The standard InChI is InChI=1S/C11H8N2O2S/c14-13(15)10-5-3-9(4-6-10)12-8-11-2-1-7-16-11/h1-8H/b12-8+. The smallest absolute Gasteiger partial charge is 0.258 e. The molecule has 0 saturated carbocycles. The molecular weight excluding hydrogens is 224 g/mol. The monoisotopic (exact) mass is 232 g/mol. The summed E-state index contributed by atoms with van der Waals surface area (Å²) < 4.78 is 0. The van der Waals surface area contributed by atoms with Crippen molar-refractivity contribution >= 4 is 28.9 Å². The summed E-state index contributed by atoms with van der Waals surface area (Å²) >= 11 is 1.59. The van der Waals surface area contributed by atoms with Crippen LogP contribution in [0.15, 0.2) is 46.8 Å². The second kappa shape index (κ2) is 4.67. The zero-order valence-electron chi connectivity index (χ0n) is 8.24. The molecule has 0 spiro atoms. The van der Waals surface area contributed by atoms with E-state index in [1.165, 1.54) is 12.1 Å². The zero-order chi connectivity index (χ0) is 11.4. The van der Waals surface area contributed by atoms with E-state index in [0.717, 1.165) is 4.88 Å².